The number of hydrogen-bond acceptors (Lipinski definition) is 17. The maximum Gasteiger partial charge on any atom is 0.501 e. The van der Waals surface area contributed by atoms with Crippen LogP contribution in [0.1, 0.15) is 153 Å². The van der Waals surface area contributed by atoms with E-state index in [2.05, 4.69) is 49.5 Å². The van der Waals surface area contributed by atoms with Crippen LogP contribution in [-0.4, -0.2) is 190 Å². The van der Waals surface area contributed by atoms with Gasteiger partial charge in [0.1, 0.15) is 17.0 Å². The predicted octanol–water partition coefficient (Wildman–Crippen LogP) is 12.0. The number of nitrogens with zero attached hydrogens (tertiary/aromatic N) is 6. The van der Waals surface area contributed by atoms with Crippen LogP contribution in [0, 0.1) is 34.0 Å². The minimum Gasteiger partial charge on any atom is -0.391 e. The zero-order valence-electron chi connectivity index (χ0n) is 61.8. The Bertz CT molecular complexity index is 4340. The fourth-order valence-corrected chi connectivity index (χ4v) is 20.8. The summed E-state index contributed by atoms with van der Waals surface area (Å²) in [6.45, 7) is 20.2. The minimum absolute atomic E-state index is 0.0160. The Morgan fingerprint density at radius 3 is 2.12 bits per heavy atom. The SMILES string of the molecule is Cc1ncsc1-c1ccc([C@H](C)NC(=O)[C@@H]2C[C@@H](O)CN2C(=O)C(NC(=O)CCCCCC(=O)N2CC3(CN(CCC(CSc4ccccc4)Nc4ccc(S(=O)(=O)NC(=O)c5ccc(N6CCN(CC7=C(C89CC(C(F)F)(C8)C9)CC(C)(C)CC7)CC6)cc5)cc4S(=O)(=O)C(F)(F)F)C3)C2)C(C)(C)C)cc1. The summed E-state index contributed by atoms with van der Waals surface area (Å²) >= 11 is 2.95. The average molecular weight is 1560 g/mol. The molecule has 13 rings (SSSR count). The molecule has 3 saturated carbocycles. The van der Waals surface area contributed by atoms with Gasteiger partial charge in [-0.3, -0.25) is 28.9 Å². The third-order valence-corrected chi connectivity index (χ3v) is 28.0. The summed E-state index contributed by atoms with van der Waals surface area (Å²) in [6, 6.07) is 22.7. The number of anilines is 2. The predicted molar refractivity (Wildman–Crippen MR) is 403 cm³/mol. The zero-order valence-corrected chi connectivity index (χ0v) is 65.1. The second-order valence-corrected chi connectivity index (χ2v) is 38.4. The van der Waals surface area contributed by atoms with Crippen LogP contribution in [0.25, 0.3) is 10.4 Å². The van der Waals surface area contributed by atoms with Gasteiger partial charge in [-0.1, -0.05) is 94.7 Å². The van der Waals surface area contributed by atoms with Crippen LogP contribution in [0.15, 0.2) is 128 Å². The highest BCUT2D eigenvalue weighted by Gasteiger charge is 2.73. The van der Waals surface area contributed by atoms with Crippen molar-refractivity contribution in [1.29, 1.82) is 0 Å². The van der Waals surface area contributed by atoms with Crippen molar-refractivity contribution >= 4 is 83.9 Å². The quantitative estimate of drug-likeness (QED) is 0.0129. The molecule has 4 aliphatic carbocycles. The smallest absolute Gasteiger partial charge is 0.391 e. The van der Waals surface area contributed by atoms with Crippen LogP contribution in [0.2, 0.25) is 0 Å². The number of aryl methyl sites for hydroxylation is 1. The van der Waals surface area contributed by atoms with Crippen LogP contribution in [-0.2, 0) is 39.0 Å². The first-order valence-corrected chi connectivity index (χ1v) is 41.9. The molecule has 1 aromatic heterocycles. The number of alkyl halides is 5. The molecule has 107 heavy (non-hydrogen) atoms. The highest BCUT2D eigenvalue weighted by molar-refractivity contribution is 7.99. The number of sulfonamides is 1. The number of aromatic nitrogens is 1. The van der Waals surface area contributed by atoms with E-state index in [1.165, 1.54) is 39.9 Å². The van der Waals surface area contributed by atoms with E-state index in [0.717, 1.165) is 83.3 Å². The number of carbonyl (C=O) groups excluding carboxylic acids is 5. The second-order valence-electron chi connectivity index (χ2n) is 32.9. The van der Waals surface area contributed by atoms with Crippen LogP contribution in [0.3, 0.4) is 0 Å². The van der Waals surface area contributed by atoms with Gasteiger partial charge in [-0.15, -0.1) is 23.1 Å². The third-order valence-electron chi connectivity index (χ3n) is 23.0. The lowest BCUT2D eigenvalue weighted by Crippen LogP contribution is -2.72. The maximum absolute atomic E-state index is 14.6. The molecule has 2 bridgehead atoms. The Labute approximate surface area is 632 Å². The number of benzene rings is 4. The van der Waals surface area contributed by atoms with Gasteiger partial charge in [0.15, 0.2) is 0 Å². The minimum atomic E-state index is -6.18. The first kappa shape index (κ1) is 79.5. The number of hydrogen-bond donors (Lipinski definition) is 5. The van der Waals surface area contributed by atoms with Crippen LogP contribution in [0.4, 0.5) is 33.3 Å². The molecule has 5 N–H and O–H groups in total. The summed E-state index contributed by atoms with van der Waals surface area (Å²) in [6.07, 6.45) is 3.81. The van der Waals surface area contributed by atoms with Crippen molar-refractivity contribution < 1.29 is 67.9 Å². The molecule has 4 aromatic carbocycles. The number of carbonyl (C=O) groups is 5. The number of aliphatic hydroxyl groups excluding tert-OH is 1. The Hall–Kier alpha value is -7.02. The molecule has 5 atom stereocenters. The molecule has 4 aliphatic heterocycles. The Morgan fingerprint density at radius 1 is 0.813 bits per heavy atom. The summed E-state index contributed by atoms with van der Waals surface area (Å²) in [5.41, 5.74) is 0.198. The number of aliphatic hydroxyl groups is 1. The molecule has 5 aromatic rings. The highest BCUT2D eigenvalue weighted by Crippen LogP contribution is 2.79. The van der Waals surface area contributed by atoms with Crippen molar-refractivity contribution in [3.63, 3.8) is 0 Å². The van der Waals surface area contributed by atoms with Gasteiger partial charge in [-0.25, -0.2) is 35.3 Å². The molecule has 20 nitrogen and oxygen atoms in total. The number of nitrogens with one attached hydrogen (secondary N) is 4. The molecular formula is C78H99F5N10O10S4. The summed E-state index contributed by atoms with van der Waals surface area (Å²) in [5.74, 6) is -2.04. The van der Waals surface area contributed by atoms with E-state index >= 15 is 0 Å². The van der Waals surface area contributed by atoms with Gasteiger partial charge in [0.2, 0.25) is 30.1 Å². The Balaban J connectivity index is 0.593. The molecule has 29 heteroatoms. The molecule has 580 valence electrons. The average Bonchev–Trinajstić information content (AvgIpc) is 0.880. The van der Waals surface area contributed by atoms with E-state index in [9.17, 15) is 67.9 Å². The van der Waals surface area contributed by atoms with Crippen molar-refractivity contribution in [3.8, 4) is 10.4 Å². The molecule has 5 amide bonds. The molecule has 1 spiro atoms. The number of halogens is 5. The van der Waals surface area contributed by atoms with Gasteiger partial charge < -0.3 is 40.7 Å². The number of amides is 5. The summed E-state index contributed by atoms with van der Waals surface area (Å²) in [7, 11) is -11.1. The van der Waals surface area contributed by atoms with Crippen molar-refractivity contribution in [2.24, 2.45) is 27.1 Å². The van der Waals surface area contributed by atoms with Crippen molar-refractivity contribution in [2.75, 3.05) is 88.0 Å². The number of likely N-dealkylation sites (tertiary alicyclic amines) is 3. The van der Waals surface area contributed by atoms with Crippen molar-refractivity contribution in [2.45, 2.75) is 189 Å². The summed E-state index contributed by atoms with van der Waals surface area (Å²) < 4.78 is 128. The number of sulfone groups is 1. The molecular weight excluding hydrogens is 1460 g/mol. The Morgan fingerprint density at radius 2 is 1.49 bits per heavy atom. The Kier molecular flexibility index (Phi) is 23.3. The number of thioether (sulfide) groups is 1. The second kappa shape index (κ2) is 31.4. The van der Waals surface area contributed by atoms with Gasteiger partial charge >= 0.3 is 5.51 Å². The van der Waals surface area contributed by atoms with E-state index in [-0.39, 0.29) is 65.2 Å². The molecule has 8 aliphatic rings. The maximum atomic E-state index is 14.6. The molecule has 0 radical (unpaired) electrons. The number of piperazine rings is 1. The highest BCUT2D eigenvalue weighted by atomic mass is 32.2. The van der Waals surface area contributed by atoms with Gasteiger partial charge in [-0.05, 0) is 154 Å². The molecule has 4 saturated heterocycles. The lowest BCUT2D eigenvalue weighted by Gasteiger charge is -2.72. The molecule has 5 heterocycles. The van der Waals surface area contributed by atoms with Gasteiger partial charge in [-0.2, -0.15) is 13.2 Å². The van der Waals surface area contributed by atoms with Gasteiger partial charge in [0.25, 0.3) is 25.8 Å². The van der Waals surface area contributed by atoms with E-state index in [0.29, 0.717) is 96.8 Å². The van der Waals surface area contributed by atoms with Crippen molar-refractivity contribution in [3.05, 3.63) is 131 Å². The number of allylic oxidation sites excluding steroid dienone is 1. The lowest BCUT2D eigenvalue weighted by atomic mass is 9.32. The summed E-state index contributed by atoms with van der Waals surface area (Å²) in [4.78, 5) is 82.5. The normalized spacial score (nSPS) is 23.1. The third kappa shape index (κ3) is 17.8. The van der Waals surface area contributed by atoms with E-state index < -0.39 is 106 Å². The van der Waals surface area contributed by atoms with Gasteiger partial charge in [0, 0.05) is 130 Å². The summed E-state index contributed by atoms with van der Waals surface area (Å²) in [5, 5.41) is 19.7. The number of β-amino-alcohol motifs (C(OH)–C–C–N with tert-alkyl or cyclic N) is 1. The molecule has 7 fully saturated rings. The fourth-order valence-electron chi connectivity index (χ4n) is 16.9. The van der Waals surface area contributed by atoms with Crippen LogP contribution in [0.5, 0.6) is 0 Å². The van der Waals surface area contributed by atoms with Crippen LogP contribution < -0.4 is 25.6 Å². The molecule has 2 unspecified atom stereocenters. The van der Waals surface area contributed by atoms with E-state index in [4.69, 9.17) is 0 Å². The number of rotatable bonds is 29. The zero-order chi connectivity index (χ0) is 76.8. The largest absolute Gasteiger partial charge is 0.501 e. The van der Waals surface area contributed by atoms with Crippen molar-refractivity contribution in [1.82, 2.24) is 39.9 Å². The lowest BCUT2D eigenvalue weighted by molar-refractivity contribution is -0.250. The number of thiazole rings is 1. The fraction of sp³-hybridized carbons (Fsp3) is 0.564. The standard InChI is InChI=1S/C78H99F5N10O10S4/c1-50(52-18-20-53(21-19-52)67-51(2)84-49-105-67)85-70(98)63-36-58(94)40-93(63)71(99)68(73(3,4)5)87-65(95)16-12-9-13-17-66(96)92-47-75(48-92)45-90(46-75)31-29-56(41-104-59-14-10-8-11-15-59)86-62-27-26-60(37-64(62)106(100,101)78(81,82)83)107(102,103)88-69(97)54-22-24-57(25-23-54)91-34-32-89(33-35-91)39-55-28-30-74(6,7)38-61(55)76-42-77(43-76,44-76)72(79)80/h8,10-11,14-15,18-27,37,49-50,56,58,63,68,72,86,94H,9,12-13,16-17,28-36,38-48H2,1-7H3,(H,85,98)(H,87,95)(H,88,97)/t50-,56?,58+,63-,68?,76?,77?/m0/s1. The van der Waals surface area contributed by atoms with E-state index in [1.807, 2.05) is 93.9 Å². The number of unbranched alkanes of at least 4 members (excludes halogenated alkanes) is 2. The topological polar surface area (TPSA) is 251 Å². The van der Waals surface area contributed by atoms with Gasteiger partial charge in [0.05, 0.1) is 38.8 Å². The van der Waals surface area contributed by atoms with E-state index in [1.54, 1.807) is 33.9 Å². The first-order chi connectivity index (χ1) is 50.4. The first-order valence-electron chi connectivity index (χ1n) is 37.1. The monoisotopic (exact) mass is 1560 g/mol. The van der Waals surface area contributed by atoms with Crippen LogP contribution >= 0.6 is 23.1 Å².